The van der Waals surface area contributed by atoms with E-state index >= 15 is 0 Å². The lowest BCUT2D eigenvalue weighted by Gasteiger charge is -2.18. The van der Waals surface area contributed by atoms with Crippen molar-refractivity contribution in [2.45, 2.75) is 46.3 Å². The minimum atomic E-state index is 0.199. The van der Waals surface area contributed by atoms with Gasteiger partial charge in [0.05, 0.1) is 12.6 Å². The molecule has 1 aromatic carbocycles. The SMILES string of the molecule is CCc1nncn1CCNC(=NCc1ccc(C)cc1)NC(C)c1cccs1. The molecular formula is C21H28N6S. The molecule has 0 amide bonds. The van der Waals surface area contributed by atoms with E-state index in [0.717, 1.165) is 31.3 Å². The zero-order valence-corrected chi connectivity index (χ0v) is 17.5. The topological polar surface area (TPSA) is 67.1 Å². The number of aryl methyl sites for hydroxylation is 2. The molecule has 0 spiro atoms. The molecule has 0 saturated carbocycles. The van der Waals surface area contributed by atoms with E-state index in [-0.39, 0.29) is 6.04 Å². The molecule has 0 radical (unpaired) electrons. The van der Waals surface area contributed by atoms with Crippen LogP contribution in [0.1, 0.15) is 41.7 Å². The Bertz CT molecular complexity index is 867. The molecule has 0 aliphatic heterocycles. The Kier molecular flexibility index (Phi) is 7.19. The second-order valence-corrected chi connectivity index (χ2v) is 7.73. The molecule has 2 heterocycles. The Labute approximate surface area is 170 Å². The molecule has 1 atom stereocenters. The number of guanidine groups is 1. The van der Waals surface area contributed by atoms with Crippen LogP contribution in [0.4, 0.5) is 0 Å². The molecule has 3 rings (SSSR count). The normalized spacial score (nSPS) is 12.8. The molecule has 0 bridgehead atoms. The standard InChI is InChI=1S/C21H28N6S/c1-4-20-26-24-15-27(20)12-11-22-21(25-17(3)19-6-5-13-28-19)23-14-18-9-7-16(2)8-10-18/h5-10,13,15,17H,4,11-12,14H2,1-3H3,(H2,22,23,25). The van der Waals surface area contributed by atoms with Crippen LogP contribution in [0.15, 0.2) is 53.1 Å². The van der Waals surface area contributed by atoms with Crippen molar-refractivity contribution in [2.75, 3.05) is 6.54 Å². The Balaban J connectivity index is 1.64. The largest absolute Gasteiger partial charge is 0.355 e. The predicted molar refractivity (Wildman–Crippen MR) is 116 cm³/mol. The van der Waals surface area contributed by atoms with E-state index in [1.54, 1.807) is 17.7 Å². The van der Waals surface area contributed by atoms with Crippen LogP contribution in [-0.2, 0) is 19.5 Å². The van der Waals surface area contributed by atoms with Gasteiger partial charge >= 0.3 is 0 Å². The lowest BCUT2D eigenvalue weighted by atomic mass is 10.1. The maximum atomic E-state index is 4.79. The minimum absolute atomic E-state index is 0.199. The van der Waals surface area contributed by atoms with Gasteiger partial charge in [-0.25, -0.2) is 4.99 Å². The lowest BCUT2D eigenvalue weighted by molar-refractivity contribution is 0.621. The number of rotatable bonds is 8. The summed E-state index contributed by atoms with van der Waals surface area (Å²) in [5, 5.41) is 17.2. The molecule has 2 N–H and O–H groups in total. The zero-order chi connectivity index (χ0) is 19.8. The van der Waals surface area contributed by atoms with Gasteiger partial charge in [-0.05, 0) is 30.9 Å². The summed E-state index contributed by atoms with van der Waals surface area (Å²) in [5.74, 6) is 1.81. The first kappa shape index (κ1) is 20.1. The molecule has 0 fully saturated rings. The second kappa shape index (κ2) is 10.0. The van der Waals surface area contributed by atoms with E-state index < -0.39 is 0 Å². The van der Waals surface area contributed by atoms with Gasteiger partial charge in [0.2, 0.25) is 0 Å². The zero-order valence-electron chi connectivity index (χ0n) is 16.7. The summed E-state index contributed by atoms with van der Waals surface area (Å²) in [7, 11) is 0. The van der Waals surface area contributed by atoms with E-state index in [0.29, 0.717) is 6.54 Å². The highest BCUT2D eigenvalue weighted by Gasteiger charge is 2.09. The molecule has 0 aliphatic rings. The van der Waals surface area contributed by atoms with E-state index in [4.69, 9.17) is 4.99 Å². The van der Waals surface area contributed by atoms with Gasteiger partial charge in [0, 0.05) is 24.4 Å². The lowest BCUT2D eigenvalue weighted by Crippen LogP contribution is -2.40. The Hall–Kier alpha value is -2.67. The molecule has 0 aliphatic carbocycles. The van der Waals surface area contributed by atoms with Gasteiger partial charge in [-0.3, -0.25) is 0 Å². The molecular weight excluding hydrogens is 368 g/mol. The molecule has 28 heavy (non-hydrogen) atoms. The highest BCUT2D eigenvalue weighted by molar-refractivity contribution is 7.10. The van der Waals surface area contributed by atoms with Gasteiger partial charge in [-0.15, -0.1) is 21.5 Å². The van der Waals surface area contributed by atoms with Gasteiger partial charge in [-0.1, -0.05) is 42.8 Å². The third-order valence-corrected chi connectivity index (χ3v) is 5.58. The molecule has 1 unspecified atom stereocenters. The predicted octanol–water partition coefficient (Wildman–Crippen LogP) is 3.71. The van der Waals surface area contributed by atoms with Crippen molar-refractivity contribution < 1.29 is 0 Å². The number of aromatic nitrogens is 3. The number of hydrogen-bond acceptors (Lipinski definition) is 4. The maximum Gasteiger partial charge on any atom is 0.192 e. The molecule has 7 heteroatoms. The summed E-state index contributed by atoms with van der Waals surface area (Å²) in [4.78, 5) is 6.08. The van der Waals surface area contributed by atoms with Crippen LogP contribution in [0.25, 0.3) is 0 Å². The molecule has 2 aromatic heterocycles. The van der Waals surface area contributed by atoms with Gasteiger partial charge in [0.15, 0.2) is 5.96 Å². The summed E-state index contributed by atoms with van der Waals surface area (Å²) in [6.45, 7) is 8.53. The number of thiophene rings is 1. The smallest absolute Gasteiger partial charge is 0.192 e. The third kappa shape index (κ3) is 5.66. The van der Waals surface area contributed by atoms with Crippen molar-refractivity contribution >= 4 is 17.3 Å². The van der Waals surface area contributed by atoms with Crippen LogP contribution in [0, 0.1) is 6.92 Å². The summed E-state index contributed by atoms with van der Waals surface area (Å²) in [6, 6.07) is 12.9. The number of hydrogen-bond donors (Lipinski definition) is 2. The van der Waals surface area contributed by atoms with E-state index in [1.165, 1.54) is 16.0 Å². The average Bonchev–Trinajstić information content (AvgIpc) is 3.39. The average molecular weight is 397 g/mol. The van der Waals surface area contributed by atoms with E-state index in [1.807, 2.05) is 0 Å². The first-order valence-corrected chi connectivity index (χ1v) is 10.5. The number of nitrogens with one attached hydrogen (secondary N) is 2. The molecule has 6 nitrogen and oxygen atoms in total. The third-order valence-electron chi connectivity index (χ3n) is 4.52. The van der Waals surface area contributed by atoms with Crippen molar-refractivity contribution in [2.24, 2.45) is 4.99 Å². The Morgan fingerprint density at radius 2 is 2.07 bits per heavy atom. The fourth-order valence-electron chi connectivity index (χ4n) is 2.86. The minimum Gasteiger partial charge on any atom is -0.355 e. The summed E-state index contributed by atoms with van der Waals surface area (Å²) in [6.07, 6.45) is 2.66. The molecule has 0 saturated heterocycles. The Morgan fingerprint density at radius 3 is 2.79 bits per heavy atom. The van der Waals surface area contributed by atoms with Crippen LogP contribution in [0.5, 0.6) is 0 Å². The fourth-order valence-corrected chi connectivity index (χ4v) is 3.60. The van der Waals surface area contributed by atoms with Crippen molar-refractivity contribution in [3.63, 3.8) is 0 Å². The second-order valence-electron chi connectivity index (χ2n) is 6.75. The molecule has 3 aromatic rings. The molecule has 148 valence electrons. The van der Waals surface area contributed by atoms with Gasteiger partial charge in [0.25, 0.3) is 0 Å². The highest BCUT2D eigenvalue weighted by Crippen LogP contribution is 2.17. The number of benzene rings is 1. The van der Waals surface area contributed by atoms with Crippen molar-refractivity contribution in [3.8, 4) is 0 Å². The van der Waals surface area contributed by atoms with Crippen molar-refractivity contribution in [1.82, 2.24) is 25.4 Å². The monoisotopic (exact) mass is 396 g/mol. The summed E-state index contributed by atoms with van der Waals surface area (Å²) >= 11 is 1.75. The van der Waals surface area contributed by atoms with Crippen LogP contribution in [0.3, 0.4) is 0 Å². The van der Waals surface area contributed by atoms with Crippen molar-refractivity contribution in [3.05, 3.63) is 69.9 Å². The summed E-state index contributed by atoms with van der Waals surface area (Å²) in [5.41, 5.74) is 2.46. The van der Waals surface area contributed by atoms with Crippen LogP contribution in [-0.4, -0.2) is 27.3 Å². The highest BCUT2D eigenvalue weighted by atomic mass is 32.1. The van der Waals surface area contributed by atoms with Gasteiger partial charge in [-0.2, -0.15) is 0 Å². The van der Waals surface area contributed by atoms with Crippen molar-refractivity contribution in [1.29, 1.82) is 0 Å². The van der Waals surface area contributed by atoms with Crippen LogP contribution >= 0.6 is 11.3 Å². The first-order chi connectivity index (χ1) is 13.7. The number of nitrogens with zero attached hydrogens (tertiary/aromatic N) is 4. The van der Waals surface area contributed by atoms with Crippen LogP contribution < -0.4 is 10.6 Å². The van der Waals surface area contributed by atoms with Gasteiger partial charge < -0.3 is 15.2 Å². The summed E-state index contributed by atoms with van der Waals surface area (Å²) < 4.78 is 2.08. The first-order valence-electron chi connectivity index (χ1n) is 9.66. The fraction of sp³-hybridized carbons (Fsp3) is 0.381. The van der Waals surface area contributed by atoms with Crippen LogP contribution in [0.2, 0.25) is 0 Å². The van der Waals surface area contributed by atoms with Gasteiger partial charge in [0.1, 0.15) is 12.2 Å². The van der Waals surface area contributed by atoms with E-state index in [9.17, 15) is 0 Å². The quantitative estimate of drug-likeness (QED) is 0.450. The van der Waals surface area contributed by atoms with E-state index in [2.05, 4.69) is 87.9 Å². The number of aliphatic imine (C=N–C) groups is 1. The Morgan fingerprint density at radius 1 is 1.25 bits per heavy atom. The maximum absolute atomic E-state index is 4.79.